The third-order valence-corrected chi connectivity index (χ3v) is 3.58. The van der Waals surface area contributed by atoms with Crippen molar-refractivity contribution in [2.75, 3.05) is 18.4 Å². The predicted molar refractivity (Wildman–Crippen MR) is 58.3 cm³/mol. The molecule has 1 unspecified atom stereocenters. The molecule has 0 N–H and O–H groups in total. The van der Waals surface area contributed by atoms with Gasteiger partial charge in [-0.1, -0.05) is 22.4 Å². The first-order valence-corrected chi connectivity index (χ1v) is 6.52. The van der Waals surface area contributed by atoms with Crippen LogP contribution in [-0.2, 0) is 0 Å². The number of hydrogen-bond donors (Lipinski definition) is 0. The van der Waals surface area contributed by atoms with Gasteiger partial charge in [0.25, 0.3) is 0 Å². The Morgan fingerprint density at radius 3 is 2.60 bits per heavy atom. The fourth-order valence-electron chi connectivity index (χ4n) is 2.01. The van der Waals surface area contributed by atoms with Gasteiger partial charge >= 0.3 is 6.18 Å². The van der Waals surface area contributed by atoms with Gasteiger partial charge in [0.05, 0.1) is 0 Å². The standard InChI is InChI=1S/C10H17BrF3N/c11-8-9-4-1-2-6-15(9)7-3-5-10(12,13)14/h9H,1-8H2. The van der Waals surface area contributed by atoms with Gasteiger partial charge in [-0.2, -0.15) is 13.2 Å². The smallest absolute Gasteiger partial charge is 0.300 e. The molecule has 1 aliphatic rings. The molecular weight excluding hydrogens is 271 g/mol. The minimum absolute atomic E-state index is 0.229. The molecule has 15 heavy (non-hydrogen) atoms. The normalized spacial score (nSPS) is 24.4. The second-order valence-electron chi connectivity index (χ2n) is 4.06. The summed E-state index contributed by atoms with van der Waals surface area (Å²) < 4.78 is 35.9. The summed E-state index contributed by atoms with van der Waals surface area (Å²) in [5.41, 5.74) is 0. The van der Waals surface area contributed by atoms with Crippen LogP contribution in [0.25, 0.3) is 0 Å². The van der Waals surface area contributed by atoms with Gasteiger partial charge in [-0.05, 0) is 32.4 Å². The van der Waals surface area contributed by atoms with Crippen LogP contribution in [0.1, 0.15) is 32.1 Å². The van der Waals surface area contributed by atoms with Crippen LogP contribution in [0, 0.1) is 0 Å². The number of hydrogen-bond acceptors (Lipinski definition) is 1. The highest BCUT2D eigenvalue weighted by atomic mass is 79.9. The summed E-state index contributed by atoms with van der Waals surface area (Å²) in [6.07, 6.45) is -0.996. The summed E-state index contributed by atoms with van der Waals surface area (Å²) in [5.74, 6) is 0. The van der Waals surface area contributed by atoms with Crippen molar-refractivity contribution in [1.82, 2.24) is 4.90 Å². The molecule has 1 aliphatic heterocycles. The van der Waals surface area contributed by atoms with E-state index in [0.717, 1.165) is 24.7 Å². The van der Waals surface area contributed by atoms with E-state index in [4.69, 9.17) is 0 Å². The van der Waals surface area contributed by atoms with Crippen LogP contribution >= 0.6 is 15.9 Å². The average molecular weight is 288 g/mol. The monoisotopic (exact) mass is 287 g/mol. The zero-order valence-electron chi connectivity index (χ0n) is 8.69. The van der Waals surface area contributed by atoms with Gasteiger partial charge in [0, 0.05) is 17.8 Å². The molecule has 1 fully saturated rings. The van der Waals surface area contributed by atoms with Crippen LogP contribution in [0.5, 0.6) is 0 Å². The molecule has 1 heterocycles. The molecule has 0 spiro atoms. The van der Waals surface area contributed by atoms with E-state index in [1.807, 2.05) is 0 Å². The molecule has 0 saturated carbocycles. The predicted octanol–water partition coefficient (Wildman–Crippen LogP) is 3.58. The van der Waals surface area contributed by atoms with E-state index in [2.05, 4.69) is 20.8 Å². The zero-order valence-corrected chi connectivity index (χ0v) is 10.3. The molecule has 0 amide bonds. The van der Waals surface area contributed by atoms with Gasteiger partial charge in [-0.15, -0.1) is 0 Å². The molecule has 90 valence electrons. The number of nitrogens with zero attached hydrogens (tertiary/aromatic N) is 1. The highest BCUT2D eigenvalue weighted by Crippen LogP contribution is 2.23. The van der Waals surface area contributed by atoms with Gasteiger partial charge in [0.1, 0.15) is 0 Å². The Kier molecular flexibility index (Phi) is 5.39. The lowest BCUT2D eigenvalue weighted by Gasteiger charge is -2.34. The van der Waals surface area contributed by atoms with Gasteiger partial charge in [-0.25, -0.2) is 0 Å². The topological polar surface area (TPSA) is 3.24 Å². The molecule has 0 aromatic heterocycles. The molecular formula is C10H17BrF3N. The second-order valence-corrected chi connectivity index (χ2v) is 4.71. The van der Waals surface area contributed by atoms with Crippen LogP contribution in [0.3, 0.4) is 0 Å². The molecule has 0 aromatic rings. The number of halogens is 4. The van der Waals surface area contributed by atoms with Crippen LogP contribution in [0.2, 0.25) is 0 Å². The van der Waals surface area contributed by atoms with E-state index >= 15 is 0 Å². The zero-order chi connectivity index (χ0) is 11.3. The summed E-state index contributed by atoms with van der Waals surface area (Å²) in [4.78, 5) is 2.18. The van der Waals surface area contributed by atoms with E-state index in [-0.39, 0.29) is 6.42 Å². The lowest BCUT2D eigenvalue weighted by Crippen LogP contribution is -2.41. The van der Waals surface area contributed by atoms with Gasteiger partial charge in [0.2, 0.25) is 0 Å². The Morgan fingerprint density at radius 2 is 2.00 bits per heavy atom. The third kappa shape index (κ3) is 5.20. The molecule has 0 bridgehead atoms. The first-order chi connectivity index (χ1) is 7.03. The number of alkyl halides is 4. The quantitative estimate of drug-likeness (QED) is 0.715. The van der Waals surface area contributed by atoms with Crippen LogP contribution < -0.4 is 0 Å². The van der Waals surface area contributed by atoms with Crippen molar-refractivity contribution in [3.63, 3.8) is 0 Å². The lowest BCUT2D eigenvalue weighted by molar-refractivity contribution is -0.136. The lowest BCUT2D eigenvalue weighted by atomic mass is 10.0. The maximum Gasteiger partial charge on any atom is 0.389 e. The minimum Gasteiger partial charge on any atom is -0.300 e. The third-order valence-electron chi connectivity index (χ3n) is 2.83. The van der Waals surface area contributed by atoms with Crippen molar-refractivity contribution in [3.05, 3.63) is 0 Å². The number of rotatable bonds is 4. The van der Waals surface area contributed by atoms with Crippen LogP contribution in [-0.4, -0.2) is 35.5 Å². The van der Waals surface area contributed by atoms with Crippen molar-refractivity contribution >= 4 is 15.9 Å². The SMILES string of the molecule is FC(F)(F)CCCN1CCCCC1CBr. The van der Waals surface area contributed by atoms with E-state index in [1.165, 1.54) is 6.42 Å². The summed E-state index contributed by atoms with van der Waals surface area (Å²) in [6.45, 7) is 1.53. The van der Waals surface area contributed by atoms with Gasteiger partial charge in [0.15, 0.2) is 0 Å². The second kappa shape index (κ2) is 6.09. The summed E-state index contributed by atoms with van der Waals surface area (Å²) in [5, 5.41) is 0.874. The van der Waals surface area contributed by atoms with Crippen molar-refractivity contribution in [2.45, 2.75) is 44.3 Å². The Hall–Kier alpha value is 0.230. The van der Waals surface area contributed by atoms with Crippen molar-refractivity contribution < 1.29 is 13.2 Å². The van der Waals surface area contributed by atoms with Gasteiger partial charge < -0.3 is 0 Å². The summed E-state index contributed by atoms with van der Waals surface area (Å²) >= 11 is 3.42. The number of piperidine rings is 1. The van der Waals surface area contributed by atoms with Crippen molar-refractivity contribution in [3.8, 4) is 0 Å². The van der Waals surface area contributed by atoms with E-state index in [0.29, 0.717) is 12.6 Å². The molecule has 5 heteroatoms. The molecule has 1 rings (SSSR count). The maximum atomic E-state index is 12.0. The van der Waals surface area contributed by atoms with E-state index in [9.17, 15) is 13.2 Å². The van der Waals surface area contributed by atoms with Gasteiger partial charge in [-0.3, -0.25) is 4.90 Å². The Labute approximate surface area is 97.1 Å². The molecule has 1 atom stereocenters. The summed E-state index contributed by atoms with van der Waals surface area (Å²) in [7, 11) is 0. The maximum absolute atomic E-state index is 12.0. The van der Waals surface area contributed by atoms with E-state index < -0.39 is 12.6 Å². The molecule has 0 aliphatic carbocycles. The van der Waals surface area contributed by atoms with Crippen molar-refractivity contribution in [1.29, 1.82) is 0 Å². The van der Waals surface area contributed by atoms with E-state index in [1.54, 1.807) is 0 Å². The largest absolute Gasteiger partial charge is 0.389 e. The first-order valence-electron chi connectivity index (χ1n) is 5.39. The van der Waals surface area contributed by atoms with Crippen molar-refractivity contribution in [2.24, 2.45) is 0 Å². The number of likely N-dealkylation sites (tertiary alicyclic amines) is 1. The Balaban J connectivity index is 2.23. The first kappa shape index (κ1) is 13.3. The Morgan fingerprint density at radius 1 is 1.27 bits per heavy atom. The van der Waals surface area contributed by atoms with Crippen LogP contribution in [0.4, 0.5) is 13.2 Å². The minimum atomic E-state index is -4.00. The average Bonchev–Trinajstić information content (AvgIpc) is 2.16. The highest BCUT2D eigenvalue weighted by Gasteiger charge is 2.27. The molecule has 0 radical (unpaired) electrons. The molecule has 1 saturated heterocycles. The Bertz CT molecular complexity index is 184. The fraction of sp³-hybridized carbons (Fsp3) is 1.00. The highest BCUT2D eigenvalue weighted by molar-refractivity contribution is 9.09. The van der Waals surface area contributed by atoms with Crippen LogP contribution in [0.15, 0.2) is 0 Å². The molecule has 0 aromatic carbocycles. The summed E-state index contributed by atoms with van der Waals surface area (Å²) in [6, 6.07) is 0.437. The fourth-order valence-corrected chi connectivity index (χ4v) is 2.74. The molecule has 1 nitrogen and oxygen atoms in total.